The number of fused-ring (bicyclic) bond motifs is 1. The molecule has 0 saturated heterocycles. The Labute approximate surface area is 128 Å². The van der Waals surface area contributed by atoms with E-state index in [9.17, 15) is 0 Å². The van der Waals surface area contributed by atoms with Gasteiger partial charge in [0.1, 0.15) is 0 Å². The molecule has 1 unspecified atom stereocenters. The minimum Gasteiger partial charge on any atom is -0.397 e. The van der Waals surface area contributed by atoms with E-state index in [2.05, 4.69) is 36.3 Å². The average Bonchev–Trinajstić information content (AvgIpc) is 2.87. The fraction of sp³-hybridized carbons (Fsp3) is 0.235. The lowest BCUT2D eigenvalue weighted by Crippen LogP contribution is -2.18. The minimum absolute atomic E-state index is 0.333. The molecule has 0 radical (unpaired) electrons. The molecule has 3 nitrogen and oxygen atoms in total. The van der Waals surface area contributed by atoms with Crippen molar-refractivity contribution in [1.29, 1.82) is 0 Å². The third-order valence-electron chi connectivity index (χ3n) is 3.53. The van der Waals surface area contributed by atoms with Crippen molar-refractivity contribution in [1.82, 2.24) is 4.98 Å². The molecule has 3 N–H and O–H groups in total. The summed E-state index contributed by atoms with van der Waals surface area (Å²) in [5, 5.41) is 4.52. The number of aromatic nitrogens is 1. The number of anilines is 2. The Morgan fingerprint density at radius 2 is 2.10 bits per heavy atom. The van der Waals surface area contributed by atoms with E-state index in [1.807, 2.05) is 35.6 Å². The molecule has 1 atom stereocenters. The monoisotopic (exact) mass is 297 g/mol. The lowest BCUT2D eigenvalue weighted by molar-refractivity contribution is 0.801. The number of rotatable bonds is 4. The number of nitrogens with one attached hydrogen (secondary N) is 1. The lowest BCUT2D eigenvalue weighted by Gasteiger charge is -2.17. The van der Waals surface area contributed by atoms with Crippen LogP contribution in [0.15, 0.2) is 42.6 Å². The van der Waals surface area contributed by atoms with E-state index in [0.717, 1.165) is 28.7 Å². The molecule has 4 heteroatoms. The van der Waals surface area contributed by atoms with Gasteiger partial charge in [0.25, 0.3) is 0 Å². The van der Waals surface area contributed by atoms with Gasteiger partial charge in [-0.1, -0.05) is 0 Å². The van der Waals surface area contributed by atoms with Gasteiger partial charge in [0.05, 0.1) is 16.9 Å². The molecule has 0 fully saturated rings. The molecule has 0 saturated carbocycles. The molecule has 1 aromatic carbocycles. The first-order chi connectivity index (χ1) is 10.1. The average molecular weight is 297 g/mol. The summed E-state index contributed by atoms with van der Waals surface area (Å²) in [7, 11) is 0. The normalized spacial score (nSPS) is 12.5. The van der Waals surface area contributed by atoms with Crippen molar-refractivity contribution >= 4 is 33.6 Å². The maximum Gasteiger partial charge on any atom is 0.0724 e. The molecule has 3 rings (SSSR count). The van der Waals surface area contributed by atoms with E-state index >= 15 is 0 Å². The molecular weight excluding hydrogens is 278 g/mol. The van der Waals surface area contributed by atoms with E-state index in [1.54, 1.807) is 6.20 Å². The van der Waals surface area contributed by atoms with Crippen molar-refractivity contribution in [3.8, 4) is 0 Å². The molecular formula is C17H19N3S. The molecule has 0 spiro atoms. The first kappa shape index (κ1) is 13.9. The van der Waals surface area contributed by atoms with Crippen LogP contribution >= 0.6 is 11.3 Å². The van der Waals surface area contributed by atoms with Gasteiger partial charge in [-0.25, -0.2) is 0 Å². The molecule has 2 heterocycles. The van der Waals surface area contributed by atoms with Crippen molar-refractivity contribution < 1.29 is 0 Å². The van der Waals surface area contributed by atoms with Crippen molar-refractivity contribution in [2.75, 3.05) is 11.1 Å². The maximum absolute atomic E-state index is 6.26. The van der Waals surface area contributed by atoms with Crippen LogP contribution in [-0.2, 0) is 6.42 Å². The van der Waals surface area contributed by atoms with Crippen LogP contribution in [0.25, 0.3) is 10.9 Å². The number of thiophene rings is 1. The zero-order chi connectivity index (χ0) is 14.8. The molecule has 0 amide bonds. The molecule has 0 aliphatic carbocycles. The second-order valence-corrected chi connectivity index (χ2v) is 6.73. The number of nitrogen functional groups attached to an aromatic ring is 1. The number of aryl methyl sites for hydroxylation is 1. The van der Waals surface area contributed by atoms with Crippen LogP contribution in [0.1, 0.15) is 16.7 Å². The minimum atomic E-state index is 0.333. The Balaban J connectivity index is 1.79. The second-order valence-electron chi connectivity index (χ2n) is 5.36. The van der Waals surface area contributed by atoms with E-state index < -0.39 is 0 Å². The standard InChI is InChI=1S/C17H19N3S/c1-11(10-13-6-5-12(2)21-13)20-16-8-7-15-14(17(16)18)4-3-9-19-15/h3-9,11,20H,10,18H2,1-2H3. The lowest BCUT2D eigenvalue weighted by atomic mass is 10.1. The van der Waals surface area contributed by atoms with Crippen LogP contribution in [0.5, 0.6) is 0 Å². The summed E-state index contributed by atoms with van der Waals surface area (Å²) in [6, 6.07) is 12.7. The summed E-state index contributed by atoms with van der Waals surface area (Å²) in [6.07, 6.45) is 2.79. The van der Waals surface area contributed by atoms with Crippen molar-refractivity contribution in [2.45, 2.75) is 26.3 Å². The van der Waals surface area contributed by atoms with Gasteiger partial charge in [-0.2, -0.15) is 0 Å². The summed E-state index contributed by atoms with van der Waals surface area (Å²) < 4.78 is 0. The number of benzene rings is 1. The van der Waals surface area contributed by atoms with E-state index in [4.69, 9.17) is 5.73 Å². The summed E-state index contributed by atoms with van der Waals surface area (Å²) in [5.74, 6) is 0. The van der Waals surface area contributed by atoms with Crippen molar-refractivity contribution in [3.63, 3.8) is 0 Å². The first-order valence-electron chi connectivity index (χ1n) is 7.08. The van der Waals surface area contributed by atoms with Crippen LogP contribution in [0, 0.1) is 6.92 Å². The summed E-state index contributed by atoms with van der Waals surface area (Å²) in [6.45, 7) is 4.32. The van der Waals surface area contributed by atoms with Crippen molar-refractivity contribution in [2.24, 2.45) is 0 Å². The molecule has 21 heavy (non-hydrogen) atoms. The van der Waals surface area contributed by atoms with Crippen LogP contribution in [0.3, 0.4) is 0 Å². The Bertz CT molecular complexity index is 764. The van der Waals surface area contributed by atoms with Gasteiger partial charge in [0, 0.05) is 33.8 Å². The summed E-state index contributed by atoms with van der Waals surface area (Å²) >= 11 is 1.85. The smallest absolute Gasteiger partial charge is 0.0724 e. The highest BCUT2D eigenvalue weighted by Crippen LogP contribution is 2.28. The number of nitrogens with two attached hydrogens (primary N) is 1. The molecule has 0 aliphatic heterocycles. The molecule has 2 aromatic heterocycles. The second kappa shape index (κ2) is 5.74. The van der Waals surface area contributed by atoms with E-state index in [0.29, 0.717) is 6.04 Å². The first-order valence-corrected chi connectivity index (χ1v) is 7.90. The number of hydrogen-bond donors (Lipinski definition) is 2. The van der Waals surface area contributed by atoms with Gasteiger partial charge in [-0.05, 0) is 50.2 Å². The quantitative estimate of drug-likeness (QED) is 0.709. The SMILES string of the molecule is Cc1ccc(CC(C)Nc2ccc3ncccc3c2N)s1. The van der Waals surface area contributed by atoms with Gasteiger partial charge in [-0.3, -0.25) is 4.98 Å². The molecule has 108 valence electrons. The summed E-state index contributed by atoms with van der Waals surface area (Å²) in [5.41, 5.74) is 8.95. The Morgan fingerprint density at radius 1 is 1.24 bits per heavy atom. The Morgan fingerprint density at radius 3 is 2.86 bits per heavy atom. The van der Waals surface area contributed by atoms with Crippen molar-refractivity contribution in [3.05, 3.63) is 52.3 Å². The third kappa shape index (κ3) is 3.00. The number of pyridine rings is 1. The molecule has 0 aliphatic rings. The molecule has 3 aromatic rings. The van der Waals surface area contributed by atoms with Gasteiger partial charge >= 0.3 is 0 Å². The largest absolute Gasteiger partial charge is 0.397 e. The van der Waals surface area contributed by atoms with Gasteiger partial charge in [-0.15, -0.1) is 11.3 Å². The number of hydrogen-bond acceptors (Lipinski definition) is 4. The highest BCUT2D eigenvalue weighted by molar-refractivity contribution is 7.11. The Hall–Kier alpha value is -2.07. The van der Waals surface area contributed by atoms with E-state index in [-0.39, 0.29) is 0 Å². The number of nitrogens with zero attached hydrogens (tertiary/aromatic N) is 1. The highest BCUT2D eigenvalue weighted by atomic mass is 32.1. The maximum atomic E-state index is 6.26. The van der Waals surface area contributed by atoms with Crippen LogP contribution < -0.4 is 11.1 Å². The molecule has 0 bridgehead atoms. The fourth-order valence-corrected chi connectivity index (χ4v) is 3.53. The third-order valence-corrected chi connectivity index (χ3v) is 4.56. The topological polar surface area (TPSA) is 50.9 Å². The predicted octanol–water partition coefficient (Wildman–Crippen LogP) is 4.23. The summed E-state index contributed by atoms with van der Waals surface area (Å²) in [4.78, 5) is 7.08. The fourth-order valence-electron chi connectivity index (χ4n) is 2.51. The zero-order valence-corrected chi connectivity index (χ0v) is 13.1. The van der Waals surface area contributed by atoms with Crippen LogP contribution in [0.2, 0.25) is 0 Å². The highest BCUT2D eigenvalue weighted by Gasteiger charge is 2.09. The van der Waals surface area contributed by atoms with Crippen LogP contribution in [-0.4, -0.2) is 11.0 Å². The predicted molar refractivity (Wildman–Crippen MR) is 92.0 cm³/mol. The van der Waals surface area contributed by atoms with Gasteiger partial charge in [0.15, 0.2) is 0 Å². The Kier molecular flexibility index (Phi) is 3.80. The van der Waals surface area contributed by atoms with E-state index in [1.165, 1.54) is 9.75 Å². The van der Waals surface area contributed by atoms with Gasteiger partial charge < -0.3 is 11.1 Å². The van der Waals surface area contributed by atoms with Crippen LogP contribution in [0.4, 0.5) is 11.4 Å². The van der Waals surface area contributed by atoms with Gasteiger partial charge in [0.2, 0.25) is 0 Å². The zero-order valence-electron chi connectivity index (χ0n) is 12.3.